The SMILES string of the molecule is CO/C([O-])=C/C(=O)OC(C)(C)C.[Na+]. The summed E-state index contributed by atoms with van der Waals surface area (Å²) >= 11 is 0. The first-order valence-electron chi connectivity index (χ1n) is 3.51. The third-order valence-corrected chi connectivity index (χ3v) is 0.844. The molecule has 0 saturated carbocycles. The maximum absolute atomic E-state index is 10.8. The van der Waals surface area contributed by atoms with Crippen molar-refractivity contribution in [2.24, 2.45) is 0 Å². The summed E-state index contributed by atoms with van der Waals surface area (Å²) in [6.45, 7) is 5.15. The first-order valence-corrected chi connectivity index (χ1v) is 3.51. The van der Waals surface area contributed by atoms with Gasteiger partial charge in [0.05, 0.1) is 5.95 Å². The van der Waals surface area contributed by atoms with Gasteiger partial charge >= 0.3 is 35.5 Å². The van der Waals surface area contributed by atoms with Crippen LogP contribution in [0, 0.1) is 0 Å². The fourth-order valence-electron chi connectivity index (χ4n) is 0.486. The normalized spacial score (nSPS) is 11.5. The molecule has 13 heavy (non-hydrogen) atoms. The van der Waals surface area contributed by atoms with Gasteiger partial charge in [-0.05, 0) is 27.9 Å². The van der Waals surface area contributed by atoms with Crippen LogP contribution in [-0.2, 0) is 14.3 Å². The zero-order valence-corrected chi connectivity index (χ0v) is 10.7. The van der Waals surface area contributed by atoms with Gasteiger partial charge in [-0.1, -0.05) is 0 Å². The Morgan fingerprint density at radius 3 is 2.15 bits per heavy atom. The molecule has 0 aliphatic rings. The Kier molecular flexibility index (Phi) is 7.40. The van der Waals surface area contributed by atoms with Gasteiger partial charge in [0.15, 0.2) is 0 Å². The molecule has 0 aliphatic heterocycles. The molecule has 0 amide bonds. The van der Waals surface area contributed by atoms with Crippen LogP contribution in [0.3, 0.4) is 0 Å². The van der Waals surface area contributed by atoms with Crippen LogP contribution >= 0.6 is 0 Å². The second kappa shape index (κ2) is 6.29. The van der Waals surface area contributed by atoms with Crippen molar-refractivity contribution < 1.29 is 48.9 Å². The smallest absolute Gasteiger partial charge is 0.616 e. The van der Waals surface area contributed by atoms with Crippen LogP contribution in [0.25, 0.3) is 0 Å². The fourth-order valence-corrected chi connectivity index (χ4v) is 0.486. The monoisotopic (exact) mass is 196 g/mol. The number of esters is 1. The quantitative estimate of drug-likeness (QED) is 0.207. The van der Waals surface area contributed by atoms with Gasteiger partial charge in [-0.3, -0.25) is 0 Å². The summed E-state index contributed by atoms with van der Waals surface area (Å²) in [5, 5.41) is 10.5. The van der Waals surface area contributed by atoms with Crippen molar-refractivity contribution in [3.05, 3.63) is 12.0 Å². The third kappa shape index (κ3) is 9.73. The Balaban J connectivity index is 0. The van der Waals surface area contributed by atoms with Crippen molar-refractivity contribution in [3.63, 3.8) is 0 Å². The summed E-state index contributed by atoms with van der Waals surface area (Å²) in [6, 6.07) is 0. The molecule has 0 atom stereocenters. The van der Waals surface area contributed by atoms with Crippen molar-refractivity contribution in [2.75, 3.05) is 7.11 Å². The molecule has 5 heteroatoms. The zero-order valence-electron chi connectivity index (χ0n) is 8.71. The van der Waals surface area contributed by atoms with Gasteiger partial charge in [-0.2, -0.15) is 0 Å². The van der Waals surface area contributed by atoms with E-state index in [0.29, 0.717) is 0 Å². The summed E-state index contributed by atoms with van der Waals surface area (Å²) < 4.78 is 9.05. The van der Waals surface area contributed by atoms with Gasteiger partial charge in [0, 0.05) is 6.08 Å². The average molecular weight is 196 g/mol. The molecule has 0 heterocycles. The molecule has 0 N–H and O–H groups in total. The maximum Gasteiger partial charge on any atom is 1.00 e. The van der Waals surface area contributed by atoms with Gasteiger partial charge in [-0.25, -0.2) is 4.79 Å². The van der Waals surface area contributed by atoms with E-state index in [1.165, 1.54) is 7.11 Å². The Bertz CT molecular complexity index is 193. The van der Waals surface area contributed by atoms with E-state index in [2.05, 4.69) is 4.74 Å². The van der Waals surface area contributed by atoms with Gasteiger partial charge in [0.25, 0.3) is 0 Å². The first-order chi connectivity index (χ1) is 5.35. The second-order valence-electron chi connectivity index (χ2n) is 3.20. The Labute approximate surface area is 100 Å². The Morgan fingerprint density at radius 1 is 1.38 bits per heavy atom. The van der Waals surface area contributed by atoms with Gasteiger partial charge in [-0.15, -0.1) is 0 Å². The number of carbonyl (C=O) groups is 1. The Hall–Kier alpha value is -0.190. The van der Waals surface area contributed by atoms with Gasteiger partial charge < -0.3 is 14.6 Å². The number of rotatable bonds is 2. The molecule has 0 aromatic heterocycles. The van der Waals surface area contributed by atoms with Crippen molar-refractivity contribution >= 4 is 5.97 Å². The van der Waals surface area contributed by atoms with E-state index in [4.69, 9.17) is 4.74 Å². The number of hydrogen-bond donors (Lipinski definition) is 0. The van der Waals surface area contributed by atoms with E-state index in [0.717, 1.165) is 6.08 Å². The summed E-state index contributed by atoms with van der Waals surface area (Å²) in [5.41, 5.74) is -0.582. The summed E-state index contributed by atoms with van der Waals surface area (Å²) in [5.74, 6) is -1.39. The molecular weight excluding hydrogens is 183 g/mol. The predicted octanol–water partition coefficient (Wildman–Crippen LogP) is -2.82. The molecule has 4 nitrogen and oxygen atoms in total. The summed E-state index contributed by atoms with van der Waals surface area (Å²) in [4.78, 5) is 10.8. The number of methoxy groups -OCH3 is 1. The number of hydrogen-bond acceptors (Lipinski definition) is 4. The standard InChI is InChI=1S/C8H14O4.Na/c1-8(2,3)12-7(10)5-6(9)11-4;/h5,9H,1-4H3;/q;+1/p-1/b6-5+;. The number of carbonyl (C=O) groups excluding carboxylic acids is 1. The molecule has 0 aromatic rings. The van der Waals surface area contributed by atoms with Gasteiger partial charge in [0.2, 0.25) is 0 Å². The van der Waals surface area contributed by atoms with Crippen LogP contribution in [0.15, 0.2) is 12.0 Å². The van der Waals surface area contributed by atoms with E-state index in [9.17, 15) is 9.90 Å². The zero-order chi connectivity index (χ0) is 9.78. The summed E-state index contributed by atoms with van der Waals surface area (Å²) in [7, 11) is 1.20. The maximum atomic E-state index is 10.8. The van der Waals surface area contributed by atoms with Gasteiger partial charge in [0.1, 0.15) is 5.60 Å². The third-order valence-electron chi connectivity index (χ3n) is 0.844. The minimum Gasteiger partial charge on any atom is -0.616 e. The molecule has 0 bridgehead atoms. The molecule has 70 valence electrons. The minimum atomic E-state index is -0.704. The Morgan fingerprint density at radius 2 is 1.85 bits per heavy atom. The molecule has 0 radical (unpaired) electrons. The topological polar surface area (TPSA) is 58.6 Å². The molecule has 0 saturated heterocycles. The molecular formula is C8H13NaO4. The van der Waals surface area contributed by atoms with Crippen LogP contribution in [0.2, 0.25) is 0 Å². The van der Waals surface area contributed by atoms with Crippen LogP contribution in [0.5, 0.6) is 0 Å². The second-order valence-corrected chi connectivity index (χ2v) is 3.20. The molecule has 0 fully saturated rings. The van der Waals surface area contributed by atoms with Crippen molar-refractivity contribution in [2.45, 2.75) is 26.4 Å². The molecule has 0 unspecified atom stereocenters. The molecule has 0 aliphatic carbocycles. The number of ether oxygens (including phenoxy) is 2. The average Bonchev–Trinajstić information content (AvgIpc) is 1.82. The van der Waals surface area contributed by atoms with Crippen molar-refractivity contribution in [1.82, 2.24) is 0 Å². The van der Waals surface area contributed by atoms with Crippen LogP contribution in [-0.4, -0.2) is 18.7 Å². The van der Waals surface area contributed by atoms with E-state index in [-0.39, 0.29) is 29.6 Å². The summed E-state index contributed by atoms with van der Waals surface area (Å²) in [6.07, 6.45) is 0.769. The minimum absolute atomic E-state index is 0. The van der Waals surface area contributed by atoms with Crippen LogP contribution in [0.1, 0.15) is 20.8 Å². The largest absolute Gasteiger partial charge is 1.00 e. The van der Waals surface area contributed by atoms with Crippen molar-refractivity contribution in [1.29, 1.82) is 0 Å². The molecule has 0 aromatic carbocycles. The van der Waals surface area contributed by atoms with E-state index < -0.39 is 17.5 Å². The predicted molar refractivity (Wildman–Crippen MR) is 40.9 cm³/mol. The van der Waals surface area contributed by atoms with Crippen LogP contribution in [0.4, 0.5) is 0 Å². The van der Waals surface area contributed by atoms with E-state index in [1.54, 1.807) is 20.8 Å². The van der Waals surface area contributed by atoms with Crippen LogP contribution < -0.4 is 34.7 Å². The van der Waals surface area contributed by atoms with E-state index >= 15 is 0 Å². The first kappa shape index (κ1) is 15.3. The molecule has 0 spiro atoms. The van der Waals surface area contributed by atoms with E-state index in [1.807, 2.05) is 0 Å². The van der Waals surface area contributed by atoms with Crippen molar-refractivity contribution in [3.8, 4) is 0 Å². The fraction of sp³-hybridized carbons (Fsp3) is 0.625. The molecule has 0 rings (SSSR count).